The number of carbonyl (C=O) groups excluding carboxylic acids is 1. The zero-order valence-electron chi connectivity index (χ0n) is 18.9. The summed E-state index contributed by atoms with van der Waals surface area (Å²) < 4.78 is 32.5. The molecule has 1 atom stereocenters. The van der Waals surface area contributed by atoms with E-state index in [0.717, 1.165) is 5.56 Å². The Labute approximate surface area is 199 Å². The number of carbonyl (C=O) groups is 1. The van der Waals surface area contributed by atoms with Gasteiger partial charge in [0, 0.05) is 25.0 Å². The molecular formula is C26H25N3O4S. The molecule has 4 rings (SSSR count). The highest BCUT2D eigenvalue weighted by molar-refractivity contribution is 7.90. The van der Waals surface area contributed by atoms with Crippen LogP contribution in [0.4, 0.5) is 0 Å². The summed E-state index contributed by atoms with van der Waals surface area (Å²) in [7, 11) is -0.0109. The van der Waals surface area contributed by atoms with Gasteiger partial charge in [-0.25, -0.2) is 13.4 Å². The number of nitrogens with one attached hydrogen (secondary N) is 1. The maximum absolute atomic E-state index is 13.1. The lowest BCUT2D eigenvalue weighted by Gasteiger charge is -2.20. The number of imidazole rings is 1. The molecule has 0 bridgehead atoms. The summed E-state index contributed by atoms with van der Waals surface area (Å²) in [5.41, 5.74) is 1.85. The second kappa shape index (κ2) is 9.93. The first-order valence-electron chi connectivity index (χ1n) is 10.7. The van der Waals surface area contributed by atoms with E-state index in [1.807, 2.05) is 42.1 Å². The topological polar surface area (TPSA) is 90.3 Å². The molecule has 0 saturated heterocycles. The summed E-state index contributed by atoms with van der Waals surface area (Å²) in [6.45, 7) is 0. The van der Waals surface area contributed by atoms with E-state index in [1.165, 1.54) is 0 Å². The van der Waals surface area contributed by atoms with Crippen LogP contribution in [-0.4, -0.2) is 31.0 Å². The van der Waals surface area contributed by atoms with Gasteiger partial charge in [0.05, 0.1) is 17.8 Å². The van der Waals surface area contributed by atoms with Gasteiger partial charge in [0.15, 0.2) is 9.84 Å². The summed E-state index contributed by atoms with van der Waals surface area (Å²) in [6, 6.07) is 21.9. The van der Waals surface area contributed by atoms with Crippen molar-refractivity contribution in [3.05, 3.63) is 114 Å². The lowest BCUT2D eigenvalue weighted by Crippen LogP contribution is -2.31. The third kappa shape index (κ3) is 5.18. The van der Waals surface area contributed by atoms with Crippen molar-refractivity contribution in [2.75, 3.05) is 7.11 Å². The van der Waals surface area contributed by atoms with E-state index >= 15 is 0 Å². The van der Waals surface area contributed by atoms with Gasteiger partial charge in [0.25, 0.3) is 5.91 Å². The molecule has 34 heavy (non-hydrogen) atoms. The number of methoxy groups -OCH3 is 1. The van der Waals surface area contributed by atoms with E-state index in [-0.39, 0.29) is 16.6 Å². The molecule has 0 aliphatic rings. The van der Waals surface area contributed by atoms with Crippen LogP contribution in [0.5, 0.6) is 5.75 Å². The molecule has 8 heteroatoms. The molecule has 0 spiro atoms. The Morgan fingerprint density at radius 1 is 1.03 bits per heavy atom. The largest absolute Gasteiger partial charge is 0.497 e. The molecule has 1 N–H and O–H groups in total. The highest BCUT2D eigenvalue weighted by Gasteiger charge is 2.22. The van der Waals surface area contributed by atoms with Gasteiger partial charge in [0.1, 0.15) is 17.6 Å². The standard InChI is InChI=1S/C26H25N3O4S/c1-29-16-15-27-25(29)24(21-7-6-8-22(17-21)33-2)28-26(30)20-13-11-19(12-14-20)18-34(31,32)23-9-4-3-5-10-23/h3-17,24H,18H2,1-2H3,(H,28,30). The van der Waals surface area contributed by atoms with Crippen molar-refractivity contribution in [3.63, 3.8) is 0 Å². The Kier molecular flexibility index (Phi) is 6.79. The molecule has 7 nitrogen and oxygen atoms in total. The molecule has 4 aromatic rings. The SMILES string of the molecule is COc1cccc(C(NC(=O)c2ccc(CS(=O)(=O)c3ccccc3)cc2)c2nccn2C)c1. The third-order valence-electron chi connectivity index (χ3n) is 5.49. The van der Waals surface area contributed by atoms with E-state index in [2.05, 4.69) is 10.3 Å². The zero-order chi connectivity index (χ0) is 24.1. The van der Waals surface area contributed by atoms with Crippen LogP contribution in [0.3, 0.4) is 0 Å². The quantitative estimate of drug-likeness (QED) is 0.417. The van der Waals surface area contributed by atoms with Gasteiger partial charge >= 0.3 is 0 Å². The van der Waals surface area contributed by atoms with E-state index < -0.39 is 15.9 Å². The molecule has 0 fully saturated rings. The molecule has 0 radical (unpaired) electrons. The van der Waals surface area contributed by atoms with Crippen LogP contribution in [0.2, 0.25) is 0 Å². The number of aromatic nitrogens is 2. The zero-order valence-corrected chi connectivity index (χ0v) is 19.7. The molecule has 1 aromatic heterocycles. The first-order chi connectivity index (χ1) is 16.4. The average molecular weight is 476 g/mol. The first-order valence-corrected chi connectivity index (χ1v) is 12.3. The van der Waals surface area contributed by atoms with Crippen LogP contribution in [0, 0.1) is 0 Å². The summed E-state index contributed by atoms with van der Waals surface area (Å²) in [4.78, 5) is 17.8. The van der Waals surface area contributed by atoms with Crippen molar-refractivity contribution in [2.45, 2.75) is 16.7 Å². The van der Waals surface area contributed by atoms with Gasteiger partial charge in [-0.05, 0) is 47.5 Å². The summed E-state index contributed by atoms with van der Waals surface area (Å²) in [5.74, 6) is 0.911. The van der Waals surface area contributed by atoms with Crippen LogP contribution in [0.15, 0.2) is 96.2 Å². The van der Waals surface area contributed by atoms with Crippen molar-refractivity contribution < 1.29 is 17.9 Å². The minimum absolute atomic E-state index is 0.140. The van der Waals surface area contributed by atoms with Crippen LogP contribution >= 0.6 is 0 Å². The number of amides is 1. The third-order valence-corrected chi connectivity index (χ3v) is 7.20. The minimum Gasteiger partial charge on any atom is -0.497 e. The maximum atomic E-state index is 13.1. The molecule has 0 saturated carbocycles. The van der Waals surface area contributed by atoms with Crippen molar-refractivity contribution >= 4 is 15.7 Å². The average Bonchev–Trinajstić information content (AvgIpc) is 3.28. The number of ether oxygens (including phenoxy) is 1. The van der Waals surface area contributed by atoms with Crippen molar-refractivity contribution in [3.8, 4) is 5.75 Å². The monoisotopic (exact) mass is 475 g/mol. The fourth-order valence-corrected chi connectivity index (χ4v) is 5.04. The van der Waals surface area contributed by atoms with E-state index in [4.69, 9.17) is 4.74 Å². The second-order valence-corrected chi connectivity index (χ2v) is 9.84. The number of sulfone groups is 1. The summed E-state index contributed by atoms with van der Waals surface area (Å²) in [5, 5.41) is 3.04. The van der Waals surface area contributed by atoms with E-state index in [0.29, 0.717) is 22.7 Å². The van der Waals surface area contributed by atoms with Gasteiger partial charge in [0.2, 0.25) is 0 Å². The normalized spacial score (nSPS) is 12.2. The molecule has 1 amide bonds. The van der Waals surface area contributed by atoms with Crippen LogP contribution < -0.4 is 10.1 Å². The molecule has 3 aromatic carbocycles. The smallest absolute Gasteiger partial charge is 0.252 e. The van der Waals surface area contributed by atoms with Crippen LogP contribution in [0.1, 0.15) is 33.4 Å². The molecule has 0 aliphatic carbocycles. The first kappa shape index (κ1) is 23.3. The fraction of sp³-hybridized carbons (Fsp3) is 0.154. The molecule has 0 aliphatic heterocycles. The Hall–Kier alpha value is -3.91. The predicted octanol–water partition coefficient (Wildman–Crippen LogP) is 3.92. The number of hydrogen-bond acceptors (Lipinski definition) is 5. The Morgan fingerprint density at radius 2 is 1.76 bits per heavy atom. The molecule has 1 unspecified atom stereocenters. The van der Waals surface area contributed by atoms with E-state index in [1.54, 1.807) is 67.9 Å². The molecule has 174 valence electrons. The van der Waals surface area contributed by atoms with Gasteiger partial charge < -0.3 is 14.6 Å². The second-order valence-electron chi connectivity index (χ2n) is 7.85. The molecule has 1 heterocycles. The van der Waals surface area contributed by atoms with Crippen molar-refractivity contribution in [1.82, 2.24) is 14.9 Å². The van der Waals surface area contributed by atoms with Gasteiger partial charge in [-0.3, -0.25) is 4.79 Å². The maximum Gasteiger partial charge on any atom is 0.252 e. The van der Waals surface area contributed by atoms with Gasteiger partial charge in [-0.15, -0.1) is 0 Å². The Bertz CT molecular complexity index is 1380. The minimum atomic E-state index is -3.47. The highest BCUT2D eigenvalue weighted by atomic mass is 32.2. The predicted molar refractivity (Wildman–Crippen MR) is 129 cm³/mol. The van der Waals surface area contributed by atoms with Crippen LogP contribution in [-0.2, 0) is 22.6 Å². The van der Waals surface area contributed by atoms with E-state index in [9.17, 15) is 13.2 Å². The Morgan fingerprint density at radius 3 is 2.41 bits per heavy atom. The number of aryl methyl sites for hydroxylation is 1. The number of hydrogen-bond donors (Lipinski definition) is 1. The summed E-state index contributed by atoms with van der Waals surface area (Å²) in [6.07, 6.45) is 3.49. The summed E-state index contributed by atoms with van der Waals surface area (Å²) >= 11 is 0. The van der Waals surface area contributed by atoms with Gasteiger partial charge in [-0.2, -0.15) is 0 Å². The van der Waals surface area contributed by atoms with Crippen LogP contribution in [0.25, 0.3) is 0 Å². The van der Waals surface area contributed by atoms with Gasteiger partial charge in [-0.1, -0.05) is 42.5 Å². The lowest BCUT2D eigenvalue weighted by atomic mass is 10.0. The number of rotatable bonds is 8. The highest BCUT2D eigenvalue weighted by Crippen LogP contribution is 2.25. The lowest BCUT2D eigenvalue weighted by molar-refractivity contribution is 0.0941. The Balaban J connectivity index is 1.55. The van der Waals surface area contributed by atoms with Crippen molar-refractivity contribution in [2.24, 2.45) is 7.05 Å². The van der Waals surface area contributed by atoms with Crippen molar-refractivity contribution in [1.29, 1.82) is 0 Å². The number of benzene rings is 3. The molecular weight excluding hydrogens is 450 g/mol. The fourth-order valence-electron chi connectivity index (χ4n) is 3.67. The number of nitrogens with zero attached hydrogens (tertiary/aromatic N) is 2.